The minimum Gasteiger partial charge on any atom is -0.464 e. The molecular weight excluding hydrogens is 362 g/mol. The molecule has 29 heavy (non-hydrogen) atoms. The van der Waals surface area contributed by atoms with E-state index in [-0.39, 0.29) is 6.03 Å². The van der Waals surface area contributed by atoms with Gasteiger partial charge >= 0.3 is 6.03 Å². The fourth-order valence-corrected chi connectivity index (χ4v) is 4.59. The minimum absolute atomic E-state index is 0.166. The topological polar surface area (TPSA) is 39.9 Å². The normalized spacial score (nSPS) is 17.1. The van der Waals surface area contributed by atoms with Crippen molar-refractivity contribution in [2.75, 3.05) is 44.2 Å². The molecule has 5 nitrogen and oxygen atoms in total. The molecule has 2 amide bonds. The highest BCUT2D eigenvalue weighted by Crippen LogP contribution is 2.28. The predicted octanol–water partition coefficient (Wildman–Crippen LogP) is 4.17. The number of para-hydroxylation sites is 2. The number of nitrogens with zero attached hydrogens (tertiary/aromatic N) is 3. The van der Waals surface area contributed by atoms with Gasteiger partial charge in [-0.3, -0.25) is 9.80 Å². The van der Waals surface area contributed by atoms with Crippen molar-refractivity contribution < 1.29 is 9.21 Å². The Balaban J connectivity index is 1.11. The summed E-state index contributed by atoms with van der Waals surface area (Å²) in [5.41, 5.74) is 4.64. The molecule has 5 rings (SSSR count). The summed E-state index contributed by atoms with van der Waals surface area (Å²) in [5, 5.41) is 1.23. The van der Waals surface area contributed by atoms with Crippen LogP contribution >= 0.6 is 0 Å². The molecule has 0 saturated carbocycles. The Morgan fingerprint density at radius 3 is 2.62 bits per heavy atom. The molecule has 0 atom stereocenters. The Hall–Kier alpha value is -2.79. The van der Waals surface area contributed by atoms with Crippen LogP contribution in [-0.4, -0.2) is 55.1 Å². The zero-order valence-corrected chi connectivity index (χ0v) is 16.7. The van der Waals surface area contributed by atoms with Gasteiger partial charge < -0.3 is 9.32 Å². The van der Waals surface area contributed by atoms with Crippen molar-refractivity contribution in [2.45, 2.75) is 19.3 Å². The summed E-state index contributed by atoms with van der Waals surface area (Å²) in [6.45, 7) is 5.39. The van der Waals surface area contributed by atoms with Gasteiger partial charge in [0.05, 0.1) is 6.26 Å². The molecule has 0 spiro atoms. The lowest BCUT2D eigenvalue weighted by atomic mass is 10.1. The Morgan fingerprint density at radius 1 is 0.931 bits per heavy atom. The summed E-state index contributed by atoms with van der Waals surface area (Å²) >= 11 is 0. The summed E-state index contributed by atoms with van der Waals surface area (Å²) in [5.74, 6) is 0. The van der Waals surface area contributed by atoms with E-state index in [9.17, 15) is 4.79 Å². The van der Waals surface area contributed by atoms with Gasteiger partial charge in [-0.1, -0.05) is 36.4 Å². The van der Waals surface area contributed by atoms with E-state index in [1.165, 1.54) is 16.5 Å². The molecule has 3 aromatic rings. The number of carbonyl (C=O) groups is 1. The first-order valence-electron chi connectivity index (χ1n) is 10.6. The van der Waals surface area contributed by atoms with E-state index in [2.05, 4.69) is 35.2 Å². The maximum atomic E-state index is 13.0. The number of rotatable bonds is 4. The summed E-state index contributed by atoms with van der Waals surface area (Å²) in [6.07, 6.45) is 5.00. The second kappa shape index (κ2) is 7.91. The summed E-state index contributed by atoms with van der Waals surface area (Å²) in [7, 11) is 0. The standard InChI is InChI=1S/C24H27N3O2/c28-24(27-13-11-19-6-1-3-9-22(19)27)26-16-14-25(15-17-26)12-5-7-20-18-29-23-10-4-2-8-21(20)23/h1-4,6,8-10,18H,5,7,11-17H2. The number of urea groups is 1. The number of hydrogen-bond donors (Lipinski definition) is 0. The van der Waals surface area contributed by atoms with Crippen LogP contribution in [0.4, 0.5) is 10.5 Å². The Morgan fingerprint density at radius 2 is 1.72 bits per heavy atom. The van der Waals surface area contributed by atoms with Crippen LogP contribution in [0.2, 0.25) is 0 Å². The lowest BCUT2D eigenvalue weighted by Gasteiger charge is -2.36. The van der Waals surface area contributed by atoms with Crippen LogP contribution in [0.3, 0.4) is 0 Å². The highest BCUT2D eigenvalue weighted by Gasteiger charge is 2.29. The minimum atomic E-state index is 0.166. The van der Waals surface area contributed by atoms with Gasteiger partial charge in [-0.25, -0.2) is 4.79 Å². The van der Waals surface area contributed by atoms with E-state index in [1.807, 2.05) is 34.3 Å². The second-order valence-corrected chi connectivity index (χ2v) is 8.00. The van der Waals surface area contributed by atoms with Crippen LogP contribution in [0.25, 0.3) is 11.0 Å². The highest BCUT2D eigenvalue weighted by atomic mass is 16.3. The number of aryl methyl sites for hydroxylation is 1. The van der Waals surface area contributed by atoms with Gasteiger partial charge in [-0.15, -0.1) is 0 Å². The molecule has 3 heterocycles. The summed E-state index contributed by atoms with van der Waals surface area (Å²) in [4.78, 5) is 19.4. The number of anilines is 1. The van der Waals surface area contributed by atoms with Crippen molar-refractivity contribution in [3.8, 4) is 0 Å². The fourth-order valence-electron chi connectivity index (χ4n) is 4.59. The van der Waals surface area contributed by atoms with E-state index < -0.39 is 0 Å². The van der Waals surface area contributed by atoms with Gasteiger partial charge in [-0.2, -0.15) is 0 Å². The summed E-state index contributed by atoms with van der Waals surface area (Å²) < 4.78 is 5.64. The molecule has 150 valence electrons. The number of furan rings is 1. The van der Waals surface area contributed by atoms with E-state index in [1.54, 1.807) is 0 Å². The van der Waals surface area contributed by atoms with Gasteiger partial charge in [0.2, 0.25) is 0 Å². The average Bonchev–Trinajstić information content (AvgIpc) is 3.38. The number of benzene rings is 2. The van der Waals surface area contributed by atoms with Crippen LogP contribution in [0.15, 0.2) is 59.2 Å². The average molecular weight is 389 g/mol. The number of amides is 2. The van der Waals surface area contributed by atoms with Gasteiger partial charge in [0, 0.05) is 43.8 Å². The number of hydrogen-bond acceptors (Lipinski definition) is 3. The van der Waals surface area contributed by atoms with E-state index in [0.717, 1.165) is 69.8 Å². The van der Waals surface area contributed by atoms with Crippen molar-refractivity contribution in [1.29, 1.82) is 0 Å². The molecular formula is C24H27N3O2. The Kier molecular flexibility index (Phi) is 4.98. The van der Waals surface area contributed by atoms with Crippen LogP contribution in [0.1, 0.15) is 17.5 Å². The van der Waals surface area contributed by atoms with E-state index in [4.69, 9.17) is 4.42 Å². The maximum Gasteiger partial charge on any atom is 0.324 e. The summed E-state index contributed by atoms with van der Waals surface area (Å²) in [6, 6.07) is 16.7. The van der Waals surface area contributed by atoms with Crippen molar-refractivity contribution in [1.82, 2.24) is 9.80 Å². The smallest absolute Gasteiger partial charge is 0.324 e. The van der Waals surface area contributed by atoms with Crippen LogP contribution in [0.5, 0.6) is 0 Å². The monoisotopic (exact) mass is 389 g/mol. The molecule has 0 bridgehead atoms. The van der Waals surface area contributed by atoms with Crippen molar-refractivity contribution >= 4 is 22.7 Å². The van der Waals surface area contributed by atoms with Gasteiger partial charge in [0.25, 0.3) is 0 Å². The third-order valence-corrected chi connectivity index (χ3v) is 6.24. The SMILES string of the molecule is O=C(N1CCN(CCCc2coc3ccccc23)CC1)N1CCc2ccccc21. The molecule has 0 N–H and O–H groups in total. The molecule has 1 aromatic heterocycles. The first-order chi connectivity index (χ1) is 14.3. The van der Waals surface area contributed by atoms with Gasteiger partial charge in [0.1, 0.15) is 5.58 Å². The molecule has 0 radical (unpaired) electrons. The molecule has 2 aliphatic rings. The molecule has 5 heteroatoms. The van der Waals surface area contributed by atoms with E-state index in [0.29, 0.717) is 0 Å². The zero-order chi connectivity index (χ0) is 19.6. The quantitative estimate of drug-likeness (QED) is 0.673. The highest BCUT2D eigenvalue weighted by molar-refractivity contribution is 5.94. The van der Waals surface area contributed by atoms with Crippen molar-refractivity contribution in [3.63, 3.8) is 0 Å². The van der Waals surface area contributed by atoms with Crippen LogP contribution in [-0.2, 0) is 12.8 Å². The first kappa shape index (κ1) is 18.3. The number of carbonyl (C=O) groups excluding carboxylic acids is 1. The molecule has 2 aliphatic heterocycles. The lowest BCUT2D eigenvalue weighted by Crippen LogP contribution is -2.52. The third kappa shape index (κ3) is 3.62. The van der Waals surface area contributed by atoms with Crippen molar-refractivity contribution in [2.24, 2.45) is 0 Å². The number of fused-ring (bicyclic) bond motifs is 2. The molecule has 1 saturated heterocycles. The Bertz CT molecular complexity index is 1000. The van der Waals surface area contributed by atoms with Crippen LogP contribution in [0, 0.1) is 0 Å². The van der Waals surface area contributed by atoms with Crippen LogP contribution < -0.4 is 4.90 Å². The zero-order valence-electron chi connectivity index (χ0n) is 16.7. The largest absolute Gasteiger partial charge is 0.464 e. The maximum absolute atomic E-state index is 13.0. The Labute approximate surface area is 171 Å². The molecule has 2 aromatic carbocycles. The van der Waals surface area contributed by atoms with Gasteiger partial charge in [-0.05, 0) is 49.1 Å². The molecule has 0 aliphatic carbocycles. The molecule has 0 unspecified atom stereocenters. The molecule has 1 fully saturated rings. The van der Waals surface area contributed by atoms with E-state index >= 15 is 0 Å². The first-order valence-corrected chi connectivity index (χ1v) is 10.6. The van der Waals surface area contributed by atoms with Gasteiger partial charge in [0.15, 0.2) is 0 Å². The number of piperazine rings is 1. The van der Waals surface area contributed by atoms with Crippen molar-refractivity contribution in [3.05, 3.63) is 65.9 Å². The second-order valence-electron chi connectivity index (χ2n) is 8.00. The predicted molar refractivity (Wildman–Crippen MR) is 115 cm³/mol. The fraction of sp³-hybridized carbons (Fsp3) is 0.375. The third-order valence-electron chi connectivity index (χ3n) is 6.24. The lowest BCUT2D eigenvalue weighted by molar-refractivity contribution is 0.143.